The summed E-state index contributed by atoms with van der Waals surface area (Å²) in [4.78, 5) is 36.9. The Morgan fingerprint density at radius 2 is 1.85 bits per heavy atom. The van der Waals surface area contributed by atoms with Crippen molar-refractivity contribution < 1.29 is 28.6 Å². The number of urea groups is 1. The van der Waals surface area contributed by atoms with Crippen LogP contribution in [-0.4, -0.2) is 38.2 Å². The van der Waals surface area contributed by atoms with Crippen LogP contribution in [0.1, 0.15) is 31.9 Å². The standard InChI is InChI=1S/C24H27N3O6/c1-4-12-32-23(29)21-15(2)25-24(30)27-22(21)16-10-11-18(19(13-16)31-3)33-14-20(28)26-17-8-6-5-7-9-17/h5-11,13,22H,4,12,14H2,1-3H3,(H,26,28)(H2,25,27,30). The van der Waals surface area contributed by atoms with Crippen molar-refractivity contribution in [2.75, 3.05) is 25.6 Å². The fraction of sp³-hybridized carbons (Fsp3) is 0.292. The molecule has 0 spiro atoms. The predicted molar refractivity (Wildman–Crippen MR) is 122 cm³/mol. The number of nitrogens with one attached hydrogen (secondary N) is 3. The Labute approximate surface area is 192 Å². The first-order chi connectivity index (χ1) is 15.9. The molecule has 2 aromatic carbocycles. The smallest absolute Gasteiger partial charge is 0.338 e. The summed E-state index contributed by atoms with van der Waals surface area (Å²) in [6.07, 6.45) is 0.681. The van der Waals surface area contributed by atoms with E-state index in [1.54, 1.807) is 37.3 Å². The molecule has 9 heteroatoms. The molecule has 1 aliphatic rings. The molecule has 3 N–H and O–H groups in total. The van der Waals surface area contributed by atoms with Gasteiger partial charge >= 0.3 is 12.0 Å². The molecule has 0 fully saturated rings. The molecular formula is C24H27N3O6. The molecular weight excluding hydrogens is 426 g/mol. The minimum absolute atomic E-state index is 0.220. The Kier molecular flexibility index (Phi) is 7.91. The zero-order valence-electron chi connectivity index (χ0n) is 18.8. The summed E-state index contributed by atoms with van der Waals surface area (Å²) in [5, 5.41) is 8.10. The van der Waals surface area contributed by atoms with E-state index in [1.807, 2.05) is 25.1 Å². The van der Waals surface area contributed by atoms with Gasteiger partial charge in [-0.2, -0.15) is 0 Å². The first-order valence-electron chi connectivity index (χ1n) is 10.5. The zero-order chi connectivity index (χ0) is 23.8. The van der Waals surface area contributed by atoms with Gasteiger partial charge in [-0.3, -0.25) is 4.79 Å². The summed E-state index contributed by atoms with van der Waals surface area (Å²) in [6.45, 7) is 3.60. The van der Waals surface area contributed by atoms with Gasteiger partial charge in [0.1, 0.15) is 0 Å². The molecule has 0 aliphatic carbocycles. The molecule has 2 aromatic rings. The number of para-hydroxylation sites is 1. The van der Waals surface area contributed by atoms with Crippen LogP contribution in [0, 0.1) is 0 Å². The van der Waals surface area contributed by atoms with E-state index in [4.69, 9.17) is 14.2 Å². The van der Waals surface area contributed by atoms with E-state index in [2.05, 4.69) is 16.0 Å². The monoisotopic (exact) mass is 453 g/mol. The van der Waals surface area contributed by atoms with E-state index < -0.39 is 18.0 Å². The topological polar surface area (TPSA) is 115 Å². The third-order valence-corrected chi connectivity index (χ3v) is 4.86. The van der Waals surface area contributed by atoms with Crippen molar-refractivity contribution in [2.24, 2.45) is 0 Å². The van der Waals surface area contributed by atoms with Gasteiger partial charge < -0.3 is 30.2 Å². The summed E-state index contributed by atoms with van der Waals surface area (Å²) in [5.74, 6) is -0.131. The van der Waals surface area contributed by atoms with Gasteiger partial charge in [0.05, 0.1) is 25.3 Å². The van der Waals surface area contributed by atoms with Crippen molar-refractivity contribution in [3.05, 3.63) is 65.4 Å². The molecule has 33 heavy (non-hydrogen) atoms. The minimum atomic E-state index is -0.729. The molecule has 3 amide bonds. The maximum atomic E-state index is 12.6. The molecule has 0 saturated heterocycles. The molecule has 174 valence electrons. The van der Waals surface area contributed by atoms with E-state index in [0.717, 1.165) is 0 Å². The molecule has 1 heterocycles. The molecule has 1 unspecified atom stereocenters. The number of amides is 3. The molecule has 0 bridgehead atoms. The van der Waals surface area contributed by atoms with Gasteiger partial charge in [-0.05, 0) is 43.2 Å². The third kappa shape index (κ3) is 6.03. The lowest BCUT2D eigenvalue weighted by Gasteiger charge is -2.28. The van der Waals surface area contributed by atoms with Crippen LogP contribution < -0.4 is 25.4 Å². The average Bonchev–Trinajstić information content (AvgIpc) is 2.81. The lowest BCUT2D eigenvalue weighted by Crippen LogP contribution is -2.45. The van der Waals surface area contributed by atoms with E-state index >= 15 is 0 Å². The largest absolute Gasteiger partial charge is 0.493 e. The average molecular weight is 453 g/mol. The highest BCUT2D eigenvalue weighted by molar-refractivity contribution is 5.95. The number of anilines is 1. The number of esters is 1. The Hall–Kier alpha value is -4.01. The fourth-order valence-corrected chi connectivity index (χ4v) is 3.33. The lowest BCUT2D eigenvalue weighted by molar-refractivity contribution is -0.139. The molecule has 1 aliphatic heterocycles. The highest BCUT2D eigenvalue weighted by Gasteiger charge is 2.32. The van der Waals surface area contributed by atoms with Crippen LogP contribution in [-0.2, 0) is 14.3 Å². The number of hydrogen-bond donors (Lipinski definition) is 3. The van der Waals surface area contributed by atoms with Gasteiger partial charge in [-0.1, -0.05) is 31.2 Å². The Balaban J connectivity index is 1.77. The summed E-state index contributed by atoms with van der Waals surface area (Å²) in [5.41, 5.74) is 1.99. The van der Waals surface area contributed by atoms with E-state index in [1.165, 1.54) is 7.11 Å². The normalized spacial score (nSPS) is 15.2. The summed E-state index contributed by atoms with van der Waals surface area (Å²) in [7, 11) is 1.47. The fourth-order valence-electron chi connectivity index (χ4n) is 3.33. The number of ether oxygens (including phenoxy) is 3. The number of methoxy groups -OCH3 is 1. The number of rotatable bonds is 9. The molecule has 0 radical (unpaired) electrons. The molecule has 1 atom stereocenters. The molecule has 3 rings (SSSR count). The van der Waals surface area contributed by atoms with Crippen LogP contribution in [0.25, 0.3) is 0 Å². The van der Waals surface area contributed by atoms with Crippen molar-refractivity contribution in [3.8, 4) is 11.5 Å². The van der Waals surface area contributed by atoms with Crippen molar-refractivity contribution in [1.29, 1.82) is 0 Å². The van der Waals surface area contributed by atoms with E-state index in [9.17, 15) is 14.4 Å². The second-order valence-electron chi connectivity index (χ2n) is 7.32. The zero-order valence-corrected chi connectivity index (χ0v) is 18.8. The van der Waals surface area contributed by atoms with Gasteiger partial charge in [0.25, 0.3) is 5.91 Å². The number of hydrogen-bond acceptors (Lipinski definition) is 6. The van der Waals surface area contributed by atoms with Crippen LogP contribution in [0.4, 0.5) is 10.5 Å². The van der Waals surface area contributed by atoms with Crippen LogP contribution in [0.5, 0.6) is 11.5 Å². The van der Waals surface area contributed by atoms with Crippen molar-refractivity contribution in [3.63, 3.8) is 0 Å². The van der Waals surface area contributed by atoms with E-state index in [-0.39, 0.29) is 19.1 Å². The highest BCUT2D eigenvalue weighted by Crippen LogP contribution is 2.34. The minimum Gasteiger partial charge on any atom is -0.493 e. The Morgan fingerprint density at radius 1 is 1.09 bits per heavy atom. The quantitative estimate of drug-likeness (QED) is 0.502. The maximum absolute atomic E-state index is 12.6. The number of carbonyl (C=O) groups is 3. The highest BCUT2D eigenvalue weighted by atomic mass is 16.5. The van der Waals surface area contributed by atoms with E-state index in [0.29, 0.717) is 40.4 Å². The number of carbonyl (C=O) groups excluding carboxylic acids is 3. The summed E-state index contributed by atoms with van der Waals surface area (Å²) >= 11 is 0. The second kappa shape index (κ2) is 11.0. The van der Waals surface area contributed by atoms with Crippen molar-refractivity contribution >= 4 is 23.6 Å². The first kappa shape index (κ1) is 23.6. The summed E-state index contributed by atoms with van der Waals surface area (Å²) < 4.78 is 16.4. The molecule has 0 saturated carbocycles. The van der Waals surface area contributed by atoms with Crippen LogP contribution in [0.3, 0.4) is 0 Å². The van der Waals surface area contributed by atoms with Gasteiger partial charge in [-0.15, -0.1) is 0 Å². The van der Waals surface area contributed by atoms with Gasteiger partial charge in [0.2, 0.25) is 0 Å². The van der Waals surface area contributed by atoms with Crippen LogP contribution >= 0.6 is 0 Å². The van der Waals surface area contributed by atoms with Crippen molar-refractivity contribution in [2.45, 2.75) is 26.3 Å². The number of allylic oxidation sites excluding steroid dienone is 1. The SMILES string of the molecule is CCCOC(=O)C1=C(C)NC(=O)NC1c1ccc(OCC(=O)Nc2ccccc2)c(OC)c1. The maximum Gasteiger partial charge on any atom is 0.338 e. The molecule has 9 nitrogen and oxygen atoms in total. The van der Waals surface area contributed by atoms with Crippen LogP contribution in [0.2, 0.25) is 0 Å². The van der Waals surface area contributed by atoms with Crippen molar-refractivity contribution in [1.82, 2.24) is 10.6 Å². The first-order valence-corrected chi connectivity index (χ1v) is 10.5. The molecule has 0 aromatic heterocycles. The third-order valence-electron chi connectivity index (χ3n) is 4.86. The Bertz CT molecular complexity index is 1050. The second-order valence-corrected chi connectivity index (χ2v) is 7.32. The van der Waals surface area contributed by atoms with Gasteiger partial charge in [-0.25, -0.2) is 9.59 Å². The lowest BCUT2D eigenvalue weighted by atomic mass is 9.95. The summed E-state index contributed by atoms with van der Waals surface area (Å²) in [6, 6.07) is 12.9. The number of benzene rings is 2. The Morgan fingerprint density at radius 3 is 2.55 bits per heavy atom. The van der Waals surface area contributed by atoms with Gasteiger partial charge in [0, 0.05) is 11.4 Å². The predicted octanol–water partition coefficient (Wildman–Crippen LogP) is 3.29. The van der Waals surface area contributed by atoms with Crippen LogP contribution in [0.15, 0.2) is 59.8 Å². The van der Waals surface area contributed by atoms with Gasteiger partial charge in [0.15, 0.2) is 18.1 Å².